The Morgan fingerprint density at radius 3 is 2.31 bits per heavy atom. The van der Waals surface area contributed by atoms with Crippen molar-refractivity contribution in [1.29, 1.82) is 0 Å². The van der Waals surface area contributed by atoms with E-state index in [4.69, 9.17) is 4.74 Å². The van der Waals surface area contributed by atoms with Crippen LogP contribution in [0, 0.1) is 13.8 Å². The number of hydrogen-bond donors (Lipinski definition) is 0. The van der Waals surface area contributed by atoms with Gasteiger partial charge in [-0.2, -0.15) is 5.10 Å². The van der Waals surface area contributed by atoms with Crippen LogP contribution in [0.25, 0.3) is 5.69 Å². The van der Waals surface area contributed by atoms with E-state index < -0.39 is 0 Å². The molecule has 6 heteroatoms. The molecule has 1 saturated heterocycles. The summed E-state index contributed by atoms with van der Waals surface area (Å²) in [7, 11) is 0. The Kier molecular flexibility index (Phi) is 5.16. The van der Waals surface area contributed by atoms with Crippen LogP contribution in [-0.4, -0.2) is 28.2 Å². The number of esters is 1. The van der Waals surface area contributed by atoms with Gasteiger partial charge in [0.05, 0.1) is 16.9 Å². The standard InChI is InChI=1S/C23H23N3O3/c1-16-14-17(2)26(24-16)21-9-5-18(6-10-21)15-29-23(28)19-7-11-20(12-8-19)25-13-3-4-22(25)27/h5-12,14H,3-4,13,15H2,1-2H3. The maximum absolute atomic E-state index is 12.3. The molecule has 0 radical (unpaired) electrons. The zero-order chi connectivity index (χ0) is 20.4. The zero-order valence-corrected chi connectivity index (χ0v) is 16.6. The maximum Gasteiger partial charge on any atom is 0.338 e. The number of anilines is 1. The minimum Gasteiger partial charge on any atom is -0.457 e. The summed E-state index contributed by atoms with van der Waals surface area (Å²) in [4.78, 5) is 25.9. The third-order valence-corrected chi connectivity index (χ3v) is 5.05. The number of carbonyl (C=O) groups is 2. The van der Waals surface area contributed by atoms with Gasteiger partial charge in [-0.3, -0.25) is 4.79 Å². The van der Waals surface area contributed by atoms with Gasteiger partial charge in [-0.05, 0) is 68.3 Å². The molecular weight excluding hydrogens is 366 g/mol. The fourth-order valence-corrected chi connectivity index (χ4v) is 3.55. The van der Waals surface area contributed by atoms with Crippen molar-refractivity contribution in [3.05, 3.63) is 77.1 Å². The fraction of sp³-hybridized carbons (Fsp3) is 0.261. The Balaban J connectivity index is 1.37. The topological polar surface area (TPSA) is 64.4 Å². The molecule has 1 aliphatic heterocycles. The first-order valence-corrected chi connectivity index (χ1v) is 9.71. The predicted molar refractivity (Wildman–Crippen MR) is 110 cm³/mol. The zero-order valence-electron chi connectivity index (χ0n) is 16.6. The molecule has 1 amide bonds. The van der Waals surface area contributed by atoms with Gasteiger partial charge < -0.3 is 9.64 Å². The third kappa shape index (κ3) is 4.06. The SMILES string of the molecule is Cc1cc(C)n(-c2ccc(COC(=O)c3ccc(N4CCCC4=O)cc3)cc2)n1. The van der Waals surface area contributed by atoms with Crippen LogP contribution in [0.15, 0.2) is 54.6 Å². The molecule has 0 aliphatic carbocycles. The summed E-state index contributed by atoms with van der Waals surface area (Å²) in [5.41, 5.74) is 5.21. The molecule has 3 aromatic rings. The van der Waals surface area contributed by atoms with Gasteiger partial charge in [-0.15, -0.1) is 0 Å². The highest BCUT2D eigenvalue weighted by molar-refractivity contribution is 5.96. The molecule has 6 nitrogen and oxygen atoms in total. The molecule has 0 N–H and O–H groups in total. The van der Waals surface area contributed by atoms with Gasteiger partial charge in [0.15, 0.2) is 0 Å². The number of benzene rings is 2. The first-order chi connectivity index (χ1) is 14.0. The Morgan fingerprint density at radius 1 is 1.03 bits per heavy atom. The van der Waals surface area contributed by atoms with Crippen molar-refractivity contribution >= 4 is 17.6 Å². The first-order valence-electron chi connectivity index (χ1n) is 9.71. The number of rotatable bonds is 5. The molecule has 0 spiro atoms. The molecule has 2 heterocycles. The van der Waals surface area contributed by atoms with Crippen LogP contribution in [-0.2, 0) is 16.1 Å². The van der Waals surface area contributed by atoms with Gasteiger partial charge in [0.2, 0.25) is 5.91 Å². The molecule has 1 aliphatic rings. The third-order valence-electron chi connectivity index (χ3n) is 5.05. The van der Waals surface area contributed by atoms with Crippen LogP contribution in [0.3, 0.4) is 0 Å². The number of carbonyl (C=O) groups excluding carboxylic acids is 2. The average Bonchev–Trinajstić information content (AvgIpc) is 3.31. The Morgan fingerprint density at radius 2 is 1.72 bits per heavy atom. The first kappa shape index (κ1) is 18.9. The predicted octanol–water partition coefficient (Wildman–Crippen LogP) is 3.97. The number of ether oxygens (including phenoxy) is 1. The second-order valence-electron chi connectivity index (χ2n) is 7.28. The van der Waals surface area contributed by atoms with E-state index in [1.54, 1.807) is 29.2 Å². The Hall–Kier alpha value is -3.41. The molecule has 0 atom stereocenters. The second kappa shape index (κ2) is 7.91. The van der Waals surface area contributed by atoms with Crippen molar-refractivity contribution in [1.82, 2.24) is 9.78 Å². The molecule has 0 unspecified atom stereocenters. The lowest BCUT2D eigenvalue weighted by atomic mass is 10.2. The van der Waals surface area contributed by atoms with Crippen LogP contribution in [0.5, 0.6) is 0 Å². The second-order valence-corrected chi connectivity index (χ2v) is 7.28. The van der Waals surface area contributed by atoms with Crippen LogP contribution in [0.1, 0.15) is 40.2 Å². The number of hydrogen-bond acceptors (Lipinski definition) is 4. The summed E-state index contributed by atoms with van der Waals surface area (Å²) in [6.45, 7) is 4.91. The van der Waals surface area contributed by atoms with E-state index in [1.807, 2.05) is 48.9 Å². The van der Waals surface area contributed by atoms with E-state index in [0.717, 1.165) is 41.3 Å². The van der Waals surface area contributed by atoms with E-state index in [0.29, 0.717) is 12.0 Å². The minimum absolute atomic E-state index is 0.129. The molecule has 29 heavy (non-hydrogen) atoms. The lowest BCUT2D eigenvalue weighted by molar-refractivity contribution is -0.117. The molecule has 0 saturated carbocycles. The lowest BCUT2D eigenvalue weighted by Gasteiger charge is -2.15. The van der Waals surface area contributed by atoms with Gasteiger partial charge in [-0.1, -0.05) is 12.1 Å². The highest BCUT2D eigenvalue weighted by Gasteiger charge is 2.21. The number of aryl methyl sites for hydroxylation is 2. The van der Waals surface area contributed by atoms with Gasteiger partial charge >= 0.3 is 5.97 Å². The number of nitrogens with zero attached hydrogens (tertiary/aromatic N) is 3. The minimum atomic E-state index is -0.382. The van der Waals surface area contributed by atoms with Crippen LogP contribution >= 0.6 is 0 Å². The van der Waals surface area contributed by atoms with E-state index >= 15 is 0 Å². The van der Waals surface area contributed by atoms with Gasteiger partial charge in [0, 0.05) is 24.3 Å². The van der Waals surface area contributed by atoms with Crippen molar-refractivity contribution in [2.45, 2.75) is 33.3 Å². The highest BCUT2D eigenvalue weighted by atomic mass is 16.5. The van der Waals surface area contributed by atoms with E-state index in [2.05, 4.69) is 5.10 Å². The normalized spacial score (nSPS) is 13.7. The smallest absolute Gasteiger partial charge is 0.338 e. The number of amides is 1. The summed E-state index contributed by atoms with van der Waals surface area (Å²) in [6, 6.07) is 16.8. The van der Waals surface area contributed by atoms with Crippen molar-refractivity contribution in [3.8, 4) is 5.69 Å². The van der Waals surface area contributed by atoms with Crippen LogP contribution in [0.2, 0.25) is 0 Å². The lowest BCUT2D eigenvalue weighted by Crippen LogP contribution is -2.23. The van der Waals surface area contributed by atoms with Gasteiger partial charge in [-0.25, -0.2) is 9.48 Å². The molecule has 4 rings (SSSR count). The van der Waals surface area contributed by atoms with Crippen LogP contribution in [0.4, 0.5) is 5.69 Å². The Bertz CT molecular complexity index is 1040. The summed E-state index contributed by atoms with van der Waals surface area (Å²) in [6.07, 6.45) is 1.46. The van der Waals surface area contributed by atoms with Crippen molar-refractivity contribution in [3.63, 3.8) is 0 Å². The Labute approximate surface area is 169 Å². The largest absolute Gasteiger partial charge is 0.457 e. The van der Waals surface area contributed by atoms with Gasteiger partial charge in [0.25, 0.3) is 0 Å². The summed E-state index contributed by atoms with van der Waals surface area (Å²) >= 11 is 0. The molecular formula is C23H23N3O3. The average molecular weight is 389 g/mol. The summed E-state index contributed by atoms with van der Waals surface area (Å²) < 4.78 is 7.32. The maximum atomic E-state index is 12.3. The van der Waals surface area contributed by atoms with E-state index in [9.17, 15) is 9.59 Å². The number of aromatic nitrogens is 2. The van der Waals surface area contributed by atoms with Crippen molar-refractivity contribution < 1.29 is 14.3 Å². The summed E-state index contributed by atoms with van der Waals surface area (Å²) in [5.74, 6) is -0.254. The molecule has 1 fully saturated rings. The van der Waals surface area contributed by atoms with E-state index in [1.165, 1.54) is 0 Å². The van der Waals surface area contributed by atoms with Crippen LogP contribution < -0.4 is 4.90 Å². The molecule has 2 aromatic carbocycles. The monoisotopic (exact) mass is 389 g/mol. The van der Waals surface area contributed by atoms with Crippen molar-refractivity contribution in [2.75, 3.05) is 11.4 Å². The molecule has 1 aromatic heterocycles. The fourth-order valence-electron chi connectivity index (χ4n) is 3.55. The van der Waals surface area contributed by atoms with Gasteiger partial charge in [0.1, 0.15) is 6.61 Å². The highest BCUT2D eigenvalue weighted by Crippen LogP contribution is 2.22. The molecule has 148 valence electrons. The van der Waals surface area contributed by atoms with Crippen molar-refractivity contribution in [2.24, 2.45) is 0 Å². The van der Waals surface area contributed by atoms with E-state index in [-0.39, 0.29) is 18.5 Å². The summed E-state index contributed by atoms with van der Waals surface area (Å²) in [5, 5.41) is 4.47. The quantitative estimate of drug-likeness (QED) is 0.620. The molecule has 0 bridgehead atoms.